The maximum atomic E-state index is 13.2. The predicted octanol–water partition coefficient (Wildman–Crippen LogP) is 3.67. The first-order valence-corrected chi connectivity index (χ1v) is 15.6. The second-order valence-corrected chi connectivity index (χ2v) is 12.6. The maximum absolute atomic E-state index is 13.2. The summed E-state index contributed by atoms with van der Waals surface area (Å²) in [6.07, 6.45) is 4.30. The number of aliphatic carboxylic acids is 1. The van der Waals surface area contributed by atoms with E-state index >= 15 is 0 Å². The van der Waals surface area contributed by atoms with Gasteiger partial charge in [0.1, 0.15) is 28.8 Å². The Labute approximate surface area is 253 Å². The van der Waals surface area contributed by atoms with Gasteiger partial charge in [0.05, 0.1) is 30.7 Å². The molecule has 0 radical (unpaired) electrons. The lowest BCUT2D eigenvalue weighted by Gasteiger charge is -2.50. The van der Waals surface area contributed by atoms with Crippen molar-refractivity contribution in [2.75, 3.05) is 12.3 Å². The monoisotopic (exact) mass is 595 g/mol. The summed E-state index contributed by atoms with van der Waals surface area (Å²) >= 11 is 2.86. The van der Waals surface area contributed by atoms with Crippen molar-refractivity contribution in [2.45, 2.75) is 30.4 Å². The number of benzene rings is 3. The minimum Gasteiger partial charge on any atom is -0.543 e. The van der Waals surface area contributed by atoms with Crippen LogP contribution in [0.25, 0.3) is 0 Å². The Bertz CT molecular complexity index is 1510. The van der Waals surface area contributed by atoms with E-state index in [1.165, 1.54) is 34.0 Å². The summed E-state index contributed by atoms with van der Waals surface area (Å²) < 4.78 is 0. The summed E-state index contributed by atoms with van der Waals surface area (Å²) in [5.74, 6) is -1.69. The summed E-state index contributed by atoms with van der Waals surface area (Å²) in [7, 11) is 0. The van der Waals surface area contributed by atoms with Crippen LogP contribution in [0.15, 0.2) is 114 Å². The van der Waals surface area contributed by atoms with E-state index in [4.69, 9.17) is 0 Å². The maximum Gasteiger partial charge on any atom is 0.253 e. The molecule has 1 unspecified atom stereocenters. The number of nitrogens with zero attached hydrogens (tertiary/aromatic N) is 2. The highest BCUT2D eigenvalue weighted by molar-refractivity contribution is 8.08. The molecule has 42 heavy (non-hydrogen) atoms. The zero-order valence-corrected chi connectivity index (χ0v) is 24.4. The molecule has 3 aromatic rings. The third kappa shape index (κ3) is 5.86. The van der Waals surface area contributed by atoms with E-state index in [2.05, 4.69) is 46.6 Å². The number of amides is 2. The van der Waals surface area contributed by atoms with Crippen LogP contribution in [0.1, 0.15) is 22.7 Å². The van der Waals surface area contributed by atoms with Crippen LogP contribution in [0.3, 0.4) is 0 Å². The zero-order valence-electron chi connectivity index (χ0n) is 22.7. The predicted molar refractivity (Wildman–Crippen MR) is 163 cm³/mol. The molecule has 3 atom stereocenters. The Hall–Kier alpha value is -3.92. The second-order valence-electron chi connectivity index (χ2n) is 10.3. The van der Waals surface area contributed by atoms with Gasteiger partial charge in [-0.25, -0.2) is 0 Å². The van der Waals surface area contributed by atoms with Crippen LogP contribution in [-0.2, 0) is 27.3 Å². The van der Waals surface area contributed by atoms with E-state index in [1.807, 2.05) is 66.7 Å². The number of carbonyl (C=O) groups is 3. The van der Waals surface area contributed by atoms with E-state index in [9.17, 15) is 19.5 Å². The first kappa shape index (κ1) is 28.2. The van der Waals surface area contributed by atoms with Gasteiger partial charge in [0.25, 0.3) is 5.91 Å². The molecule has 0 saturated carbocycles. The molecule has 3 aliphatic heterocycles. The van der Waals surface area contributed by atoms with Crippen molar-refractivity contribution < 1.29 is 19.5 Å². The van der Waals surface area contributed by atoms with Gasteiger partial charge in [0, 0.05) is 29.0 Å². The van der Waals surface area contributed by atoms with Gasteiger partial charge >= 0.3 is 0 Å². The van der Waals surface area contributed by atoms with Gasteiger partial charge in [-0.1, -0.05) is 91.0 Å². The van der Waals surface area contributed by atoms with Gasteiger partial charge < -0.3 is 15.2 Å². The Kier molecular flexibility index (Phi) is 8.41. The highest BCUT2D eigenvalue weighted by Crippen LogP contribution is 2.50. The molecule has 3 aliphatic rings. The molecule has 0 spiro atoms. The smallest absolute Gasteiger partial charge is 0.253 e. The molecule has 0 aliphatic carbocycles. The molecule has 212 valence electrons. The molecule has 1 N–H and O–H groups in total. The zero-order chi connectivity index (χ0) is 29.1. The summed E-state index contributed by atoms with van der Waals surface area (Å²) in [5.41, 5.74) is 3.04. The summed E-state index contributed by atoms with van der Waals surface area (Å²) in [6, 6.07) is 28.9. The minimum absolute atomic E-state index is 0.0863. The SMILES string of the molecule is O=C(Cc1ccccc1)N[C@@H]1C(=O)N2C(C(=O)[O-])=C(S[C+]3C=CCN(Cc4ccccc4)C3c3ccccc3)CS[C@@H]12. The minimum atomic E-state index is -1.39. The van der Waals surface area contributed by atoms with Crippen LogP contribution in [0.2, 0.25) is 0 Å². The van der Waals surface area contributed by atoms with E-state index in [1.54, 1.807) is 0 Å². The number of fused-ring (bicyclic) bond motifs is 1. The number of thioether (sulfide) groups is 2. The van der Waals surface area contributed by atoms with Gasteiger partial charge in [-0.05, 0) is 16.7 Å². The van der Waals surface area contributed by atoms with Crippen molar-refractivity contribution in [3.05, 3.63) is 136 Å². The summed E-state index contributed by atoms with van der Waals surface area (Å²) in [4.78, 5) is 42.5. The van der Waals surface area contributed by atoms with Crippen molar-refractivity contribution in [2.24, 2.45) is 0 Å². The molecule has 3 aromatic carbocycles. The average molecular weight is 596 g/mol. The lowest BCUT2D eigenvalue weighted by molar-refractivity contribution is -0.301. The molecule has 3 heterocycles. The lowest BCUT2D eigenvalue weighted by Crippen LogP contribution is -2.71. The molecule has 2 amide bonds. The normalized spacial score (nSPS) is 22.0. The number of carboxylic acid groups (broad SMARTS) is 1. The molecule has 1 saturated heterocycles. The average Bonchev–Trinajstić information content (AvgIpc) is 3.01. The Morgan fingerprint density at radius 3 is 2.26 bits per heavy atom. The van der Waals surface area contributed by atoms with Gasteiger partial charge in [-0.3, -0.25) is 19.4 Å². The quantitative estimate of drug-likeness (QED) is 0.298. The van der Waals surface area contributed by atoms with Crippen LogP contribution < -0.4 is 10.4 Å². The molecule has 9 heteroatoms. The topological polar surface area (TPSA) is 92.8 Å². The number of nitrogens with one attached hydrogen (secondary N) is 1. The largest absolute Gasteiger partial charge is 0.543 e. The van der Waals surface area contributed by atoms with Crippen molar-refractivity contribution >= 4 is 41.3 Å². The van der Waals surface area contributed by atoms with E-state index in [-0.39, 0.29) is 24.1 Å². The molecule has 0 bridgehead atoms. The molecule has 6 rings (SSSR count). The lowest BCUT2D eigenvalue weighted by atomic mass is 9.98. The number of rotatable bonds is 9. The molecule has 0 aromatic heterocycles. The second kappa shape index (κ2) is 12.5. The number of carboxylic acids is 1. The summed E-state index contributed by atoms with van der Waals surface area (Å²) in [5, 5.41) is 15.8. The van der Waals surface area contributed by atoms with E-state index < -0.39 is 23.3 Å². The van der Waals surface area contributed by atoms with Crippen molar-refractivity contribution in [1.82, 2.24) is 15.1 Å². The fourth-order valence-corrected chi connectivity index (χ4v) is 8.32. The number of β-lactam (4-membered cyclic amide) rings is 1. The van der Waals surface area contributed by atoms with E-state index in [0.29, 0.717) is 10.7 Å². The number of hydrogen-bond donors (Lipinski definition) is 1. The Morgan fingerprint density at radius 1 is 0.952 bits per heavy atom. The van der Waals surface area contributed by atoms with Crippen LogP contribution in [-0.4, -0.2) is 51.3 Å². The molecular formula is C33H29N3O4S2. The Balaban J connectivity index is 1.22. The third-order valence-electron chi connectivity index (χ3n) is 7.49. The molecule has 7 nitrogen and oxygen atoms in total. The van der Waals surface area contributed by atoms with Crippen LogP contribution in [0, 0.1) is 5.25 Å². The highest BCUT2D eigenvalue weighted by atomic mass is 32.2. The van der Waals surface area contributed by atoms with Gasteiger partial charge in [0.15, 0.2) is 0 Å². The standard InChI is InChI=1S/C33H29N3O4S2/c37-27(19-22-11-4-1-5-12-22)34-28-31(38)36-30(33(39)40)26(21-41-32(28)36)42-25-17-10-18-35(20-23-13-6-2-7-14-23)29(25)24-15-8-3-9-16-24/h1-17,28-29,32H,18-21H2,(H-,34,37,39,40)/t28-,29?,32+/m1/s1. The summed E-state index contributed by atoms with van der Waals surface area (Å²) in [6.45, 7) is 1.48. The third-order valence-corrected chi connectivity index (χ3v) is 10.1. The number of carbonyl (C=O) groups excluding carboxylic acids is 3. The first-order valence-electron chi connectivity index (χ1n) is 13.8. The van der Waals surface area contributed by atoms with Crippen molar-refractivity contribution in [3.8, 4) is 0 Å². The van der Waals surface area contributed by atoms with Crippen LogP contribution in [0.4, 0.5) is 0 Å². The van der Waals surface area contributed by atoms with Gasteiger partial charge in [-0.2, -0.15) is 0 Å². The van der Waals surface area contributed by atoms with Gasteiger partial charge in [-0.15, -0.1) is 11.8 Å². The molecule has 1 fully saturated rings. The Morgan fingerprint density at radius 2 is 1.60 bits per heavy atom. The van der Waals surface area contributed by atoms with Crippen LogP contribution in [0.5, 0.6) is 0 Å². The highest BCUT2D eigenvalue weighted by Gasteiger charge is 2.53. The van der Waals surface area contributed by atoms with Crippen molar-refractivity contribution in [1.29, 1.82) is 0 Å². The fraction of sp³-hybridized carbons (Fsp3) is 0.212. The first-order chi connectivity index (χ1) is 20.5. The fourth-order valence-electron chi connectivity index (χ4n) is 5.56. The van der Waals surface area contributed by atoms with E-state index in [0.717, 1.165) is 29.5 Å². The van der Waals surface area contributed by atoms with Gasteiger partial charge in [0.2, 0.25) is 5.91 Å². The number of hydrogen-bond acceptors (Lipinski definition) is 7. The van der Waals surface area contributed by atoms with Crippen LogP contribution >= 0.6 is 23.5 Å². The van der Waals surface area contributed by atoms with Crippen molar-refractivity contribution in [3.63, 3.8) is 0 Å². The molecular weight excluding hydrogens is 567 g/mol.